The van der Waals surface area contributed by atoms with Crippen LogP contribution >= 0.6 is 0 Å². The third-order valence-corrected chi connectivity index (χ3v) is 1.30. The Bertz CT molecular complexity index is 351. The smallest absolute Gasteiger partial charge is 0.311 e. The molecule has 1 rings (SSSR count). The molecule has 0 aliphatic heterocycles. The van der Waals surface area contributed by atoms with Crippen molar-refractivity contribution in [2.45, 2.75) is 6.42 Å². The van der Waals surface area contributed by atoms with E-state index in [0.717, 1.165) is 0 Å². The van der Waals surface area contributed by atoms with Crippen LogP contribution in [0, 0.1) is 0 Å². The molecular formula is C7H7N3O3. The van der Waals surface area contributed by atoms with Crippen molar-refractivity contribution < 1.29 is 14.7 Å². The average molecular weight is 181 g/mol. The van der Waals surface area contributed by atoms with Gasteiger partial charge in [-0.25, -0.2) is 9.97 Å². The first kappa shape index (κ1) is 9.11. The summed E-state index contributed by atoms with van der Waals surface area (Å²) >= 11 is 0. The molecule has 0 saturated heterocycles. The Labute approximate surface area is 73.4 Å². The number of carbonyl (C=O) groups excluding carboxylic acids is 1. The molecule has 6 heteroatoms. The number of carbonyl (C=O) groups is 2. The summed E-state index contributed by atoms with van der Waals surface area (Å²) in [5.41, 5.74) is 5.22. The third-order valence-electron chi connectivity index (χ3n) is 1.30. The van der Waals surface area contributed by atoms with Crippen molar-refractivity contribution in [2.24, 2.45) is 0 Å². The molecule has 0 saturated carbocycles. The normalized spacial score (nSPS) is 9.54. The summed E-state index contributed by atoms with van der Waals surface area (Å²) in [5.74, 6) is -1.90. The minimum Gasteiger partial charge on any atom is -0.481 e. The SMILES string of the molecule is Nc1nccnc1C(=O)CC(=O)O. The zero-order valence-electron chi connectivity index (χ0n) is 6.60. The Balaban J connectivity index is 2.89. The van der Waals surface area contributed by atoms with Crippen LogP contribution in [0.2, 0.25) is 0 Å². The number of nitrogen functional groups attached to an aromatic ring is 1. The van der Waals surface area contributed by atoms with E-state index in [-0.39, 0.29) is 11.5 Å². The van der Waals surface area contributed by atoms with Gasteiger partial charge in [-0.1, -0.05) is 0 Å². The number of Topliss-reactive ketones (excluding diaryl/α,β-unsaturated/α-hetero) is 1. The Hall–Kier alpha value is -1.98. The first-order valence-corrected chi connectivity index (χ1v) is 3.42. The summed E-state index contributed by atoms with van der Waals surface area (Å²) < 4.78 is 0. The van der Waals surface area contributed by atoms with E-state index in [1.807, 2.05) is 0 Å². The maximum Gasteiger partial charge on any atom is 0.311 e. The molecule has 0 radical (unpaired) electrons. The average Bonchev–Trinajstić information content (AvgIpc) is 2.03. The van der Waals surface area contributed by atoms with Crippen molar-refractivity contribution in [3.8, 4) is 0 Å². The van der Waals surface area contributed by atoms with Crippen molar-refractivity contribution in [1.82, 2.24) is 9.97 Å². The molecule has 1 aromatic rings. The van der Waals surface area contributed by atoms with E-state index in [4.69, 9.17) is 10.8 Å². The molecule has 6 nitrogen and oxygen atoms in total. The quantitative estimate of drug-likeness (QED) is 0.490. The molecule has 0 bridgehead atoms. The number of carboxylic acids is 1. The van der Waals surface area contributed by atoms with Gasteiger partial charge in [-0.05, 0) is 0 Å². The lowest BCUT2D eigenvalue weighted by atomic mass is 10.2. The molecule has 0 fully saturated rings. The highest BCUT2D eigenvalue weighted by Crippen LogP contribution is 2.05. The Morgan fingerprint density at radius 1 is 1.38 bits per heavy atom. The molecule has 13 heavy (non-hydrogen) atoms. The molecule has 0 unspecified atom stereocenters. The Morgan fingerprint density at radius 2 is 2.00 bits per heavy atom. The van der Waals surface area contributed by atoms with Gasteiger partial charge in [0.05, 0.1) is 0 Å². The summed E-state index contributed by atoms with van der Waals surface area (Å²) in [4.78, 5) is 28.5. The summed E-state index contributed by atoms with van der Waals surface area (Å²) in [5, 5.41) is 8.33. The van der Waals surface area contributed by atoms with Crippen LogP contribution in [0.4, 0.5) is 5.82 Å². The van der Waals surface area contributed by atoms with Gasteiger partial charge in [0.2, 0.25) is 0 Å². The van der Waals surface area contributed by atoms with Crippen LogP contribution in [0.1, 0.15) is 16.9 Å². The van der Waals surface area contributed by atoms with Crippen molar-refractivity contribution >= 4 is 17.6 Å². The fraction of sp³-hybridized carbons (Fsp3) is 0.143. The number of ketones is 1. The van der Waals surface area contributed by atoms with Gasteiger partial charge in [0.1, 0.15) is 12.1 Å². The number of hydrogen-bond acceptors (Lipinski definition) is 5. The largest absolute Gasteiger partial charge is 0.481 e. The molecular weight excluding hydrogens is 174 g/mol. The van der Waals surface area contributed by atoms with Crippen LogP contribution in [0.15, 0.2) is 12.4 Å². The first-order valence-electron chi connectivity index (χ1n) is 3.42. The second kappa shape index (κ2) is 3.61. The molecule has 0 atom stereocenters. The summed E-state index contributed by atoms with van der Waals surface area (Å²) in [6.45, 7) is 0. The van der Waals surface area contributed by atoms with E-state index in [2.05, 4.69) is 9.97 Å². The number of aliphatic carboxylic acids is 1. The number of aromatic nitrogens is 2. The number of hydrogen-bond donors (Lipinski definition) is 2. The van der Waals surface area contributed by atoms with Crippen LogP contribution in [-0.2, 0) is 4.79 Å². The van der Waals surface area contributed by atoms with Crippen molar-refractivity contribution in [3.05, 3.63) is 18.1 Å². The molecule has 0 aliphatic rings. The molecule has 1 heterocycles. The van der Waals surface area contributed by atoms with Gasteiger partial charge in [-0.15, -0.1) is 0 Å². The fourth-order valence-electron chi connectivity index (χ4n) is 0.785. The van der Waals surface area contributed by atoms with Crippen molar-refractivity contribution in [1.29, 1.82) is 0 Å². The predicted octanol–water partition coefficient (Wildman–Crippen LogP) is -0.284. The van der Waals surface area contributed by atoms with Crippen LogP contribution in [0.25, 0.3) is 0 Å². The summed E-state index contributed by atoms with van der Waals surface area (Å²) in [7, 11) is 0. The second-order valence-electron chi connectivity index (χ2n) is 2.28. The Morgan fingerprint density at radius 3 is 2.54 bits per heavy atom. The summed E-state index contributed by atoms with van der Waals surface area (Å²) in [6, 6.07) is 0. The highest BCUT2D eigenvalue weighted by atomic mass is 16.4. The number of nitrogens with zero attached hydrogens (tertiary/aromatic N) is 2. The zero-order valence-corrected chi connectivity index (χ0v) is 6.60. The van der Waals surface area contributed by atoms with Gasteiger partial charge in [0, 0.05) is 12.4 Å². The van der Waals surface area contributed by atoms with Gasteiger partial charge < -0.3 is 10.8 Å². The highest BCUT2D eigenvalue weighted by molar-refractivity contribution is 6.06. The second-order valence-corrected chi connectivity index (χ2v) is 2.28. The van der Waals surface area contributed by atoms with Gasteiger partial charge in [-0.3, -0.25) is 9.59 Å². The van der Waals surface area contributed by atoms with Gasteiger partial charge in [-0.2, -0.15) is 0 Å². The van der Waals surface area contributed by atoms with E-state index in [1.54, 1.807) is 0 Å². The topological polar surface area (TPSA) is 106 Å². The minimum atomic E-state index is -1.21. The van der Waals surface area contributed by atoms with Crippen LogP contribution in [0.3, 0.4) is 0 Å². The van der Waals surface area contributed by atoms with Crippen LogP contribution in [-0.4, -0.2) is 26.8 Å². The predicted molar refractivity (Wildman–Crippen MR) is 43.0 cm³/mol. The van der Waals surface area contributed by atoms with E-state index in [9.17, 15) is 9.59 Å². The maximum atomic E-state index is 11.1. The molecule has 0 spiro atoms. The lowest BCUT2D eigenvalue weighted by Crippen LogP contribution is -2.12. The molecule has 3 N–H and O–H groups in total. The number of anilines is 1. The van der Waals surface area contributed by atoms with Gasteiger partial charge in [0.15, 0.2) is 11.6 Å². The summed E-state index contributed by atoms with van der Waals surface area (Å²) in [6.07, 6.45) is 1.99. The first-order chi connectivity index (χ1) is 6.11. The molecule has 68 valence electrons. The van der Waals surface area contributed by atoms with Crippen LogP contribution in [0.5, 0.6) is 0 Å². The lowest BCUT2D eigenvalue weighted by molar-refractivity contribution is -0.135. The van der Waals surface area contributed by atoms with E-state index < -0.39 is 18.2 Å². The van der Waals surface area contributed by atoms with Crippen LogP contribution < -0.4 is 5.73 Å². The van der Waals surface area contributed by atoms with E-state index in [0.29, 0.717) is 0 Å². The zero-order chi connectivity index (χ0) is 9.84. The Kier molecular flexibility index (Phi) is 2.53. The van der Waals surface area contributed by atoms with E-state index >= 15 is 0 Å². The molecule has 0 aliphatic carbocycles. The number of carboxylic acid groups (broad SMARTS) is 1. The number of rotatable bonds is 3. The van der Waals surface area contributed by atoms with E-state index in [1.165, 1.54) is 12.4 Å². The molecule has 0 amide bonds. The highest BCUT2D eigenvalue weighted by Gasteiger charge is 2.14. The maximum absolute atomic E-state index is 11.1. The molecule has 0 aromatic carbocycles. The van der Waals surface area contributed by atoms with Gasteiger partial charge in [0.25, 0.3) is 0 Å². The third kappa shape index (κ3) is 2.22. The number of nitrogens with two attached hydrogens (primary N) is 1. The fourth-order valence-corrected chi connectivity index (χ4v) is 0.785. The monoisotopic (exact) mass is 181 g/mol. The van der Waals surface area contributed by atoms with Crippen molar-refractivity contribution in [3.63, 3.8) is 0 Å². The molecule has 1 aromatic heterocycles. The van der Waals surface area contributed by atoms with Gasteiger partial charge >= 0.3 is 5.97 Å². The standard InChI is InChI=1S/C7H7N3O3/c8-7-6(9-1-2-10-7)4(11)3-5(12)13/h1-2H,3H2,(H2,8,10)(H,12,13). The van der Waals surface area contributed by atoms with Crippen molar-refractivity contribution in [2.75, 3.05) is 5.73 Å². The lowest BCUT2D eigenvalue weighted by Gasteiger charge is -1.98. The minimum absolute atomic E-state index is 0.0475.